The molecule has 2 aromatic heterocycles. The molecule has 0 atom stereocenters. The Bertz CT molecular complexity index is 1170. The van der Waals surface area contributed by atoms with E-state index in [-0.39, 0.29) is 0 Å². The Morgan fingerprint density at radius 2 is 1.69 bits per heavy atom. The molecule has 0 saturated heterocycles. The number of rotatable bonds is 2. The standard InChI is InChI=1S/C21H15N5/c22-21-11-15-5-4-13(9-18(15)26-21)14-6-7-17-19(10-14)25-20(12-24-17)16-3-1-2-8-23-16/h1-10,12H,11H2,(H2,22,26). The zero-order valence-electron chi connectivity index (χ0n) is 13.9. The fraction of sp³-hybridized carbons (Fsp3) is 0.0476. The van der Waals surface area contributed by atoms with E-state index in [1.165, 1.54) is 5.56 Å². The van der Waals surface area contributed by atoms with E-state index in [1.807, 2.05) is 24.3 Å². The SMILES string of the molecule is NC1=Nc2cc(-c3ccc4ncc(-c5ccccn5)nc4c3)ccc2C1. The molecule has 5 rings (SSSR count). The first-order valence-electron chi connectivity index (χ1n) is 8.41. The predicted molar refractivity (Wildman–Crippen MR) is 103 cm³/mol. The Kier molecular flexibility index (Phi) is 3.25. The largest absolute Gasteiger partial charge is 0.387 e. The summed E-state index contributed by atoms with van der Waals surface area (Å²) in [5.41, 5.74) is 13.4. The topological polar surface area (TPSA) is 77.0 Å². The molecule has 26 heavy (non-hydrogen) atoms. The van der Waals surface area contributed by atoms with Crippen LogP contribution in [0.2, 0.25) is 0 Å². The molecule has 0 aliphatic carbocycles. The summed E-state index contributed by atoms with van der Waals surface area (Å²) in [5.74, 6) is 0.668. The van der Waals surface area contributed by atoms with Gasteiger partial charge < -0.3 is 5.73 Å². The molecule has 1 aliphatic heterocycles. The van der Waals surface area contributed by atoms with Crippen LogP contribution < -0.4 is 5.73 Å². The smallest absolute Gasteiger partial charge is 0.108 e. The summed E-state index contributed by atoms with van der Waals surface area (Å²) >= 11 is 0. The average Bonchev–Trinajstić information content (AvgIpc) is 3.07. The van der Waals surface area contributed by atoms with Gasteiger partial charge in [-0.2, -0.15) is 0 Å². The van der Waals surface area contributed by atoms with E-state index in [0.717, 1.165) is 45.7 Å². The Morgan fingerprint density at radius 3 is 2.58 bits per heavy atom. The second-order valence-corrected chi connectivity index (χ2v) is 6.30. The molecule has 0 amide bonds. The molecule has 0 unspecified atom stereocenters. The third-order valence-corrected chi connectivity index (χ3v) is 4.52. The van der Waals surface area contributed by atoms with Crippen LogP contribution in [0.25, 0.3) is 33.5 Å². The first-order valence-corrected chi connectivity index (χ1v) is 8.41. The van der Waals surface area contributed by atoms with Crippen LogP contribution in [-0.4, -0.2) is 20.8 Å². The molecule has 4 aromatic rings. The van der Waals surface area contributed by atoms with Crippen LogP contribution in [0.1, 0.15) is 5.56 Å². The lowest BCUT2D eigenvalue weighted by Gasteiger charge is -2.06. The van der Waals surface area contributed by atoms with Gasteiger partial charge in [0.2, 0.25) is 0 Å². The van der Waals surface area contributed by atoms with Gasteiger partial charge in [-0.25, -0.2) is 9.98 Å². The highest BCUT2D eigenvalue weighted by Gasteiger charge is 2.13. The second kappa shape index (κ2) is 5.74. The van der Waals surface area contributed by atoms with Crippen LogP contribution in [0, 0.1) is 0 Å². The van der Waals surface area contributed by atoms with Crippen LogP contribution in [0.5, 0.6) is 0 Å². The van der Waals surface area contributed by atoms with Crippen molar-refractivity contribution in [3.8, 4) is 22.5 Å². The van der Waals surface area contributed by atoms with Gasteiger partial charge in [-0.3, -0.25) is 9.97 Å². The summed E-state index contributed by atoms with van der Waals surface area (Å²) in [4.78, 5) is 18.0. The Labute approximate surface area is 150 Å². The lowest BCUT2D eigenvalue weighted by atomic mass is 10.0. The maximum Gasteiger partial charge on any atom is 0.108 e. The lowest BCUT2D eigenvalue weighted by molar-refractivity contribution is 1.23. The molecule has 2 aromatic carbocycles. The van der Waals surface area contributed by atoms with E-state index in [9.17, 15) is 0 Å². The lowest BCUT2D eigenvalue weighted by Crippen LogP contribution is -2.09. The van der Waals surface area contributed by atoms with Crippen LogP contribution >= 0.6 is 0 Å². The van der Waals surface area contributed by atoms with Gasteiger partial charge in [0.15, 0.2) is 0 Å². The average molecular weight is 337 g/mol. The number of fused-ring (bicyclic) bond motifs is 2. The summed E-state index contributed by atoms with van der Waals surface area (Å²) in [7, 11) is 0. The van der Waals surface area contributed by atoms with Crippen molar-refractivity contribution in [3.05, 3.63) is 72.6 Å². The van der Waals surface area contributed by atoms with Crippen LogP contribution in [-0.2, 0) is 6.42 Å². The minimum Gasteiger partial charge on any atom is -0.387 e. The van der Waals surface area contributed by atoms with E-state index in [1.54, 1.807) is 12.4 Å². The highest BCUT2D eigenvalue weighted by Crippen LogP contribution is 2.32. The van der Waals surface area contributed by atoms with E-state index in [0.29, 0.717) is 5.84 Å². The summed E-state index contributed by atoms with van der Waals surface area (Å²) in [5, 5.41) is 0. The van der Waals surface area contributed by atoms with Crippen molar-refractivity contribution in [1.29, 1.82) is 0 Å². The zero-order valence-corrected chi connectivity index (χ0v) is 13.9. The van der Waals surface area contributed by atoms with Crippen LogP contribution in [0.3, 0.4) is 0 Å². The highest BCUT2D eigenvalue weighted by molar-refractivity contribution is 5.92. The van der Waals surface area contributed by atoms with E-state index >= 15 is 0 Å². The van der Waals surface area contributed by atoms with Gasteiger partial charge >= 0.3 is 0 Å². The molecule has 1 aliphatic rings. The maximum atomic E-state index is 5.85. The fourth-order valence-corrected chi connectivity index (χ4v) is 3.22. The number of benzene rings is 2. The van der Waals surface area contributed by atoms with Gasteiger partial charge in [0.25, 0.3) is 0 Å². The van der Waals surface area contributed by atoms with Gasteiger partial charge in [0, 0.05) is 12.6 Å². The highest BCUT2D eigenvalue weighted by atomic mass is 14.9. The second-order valence-electron chi connectivity index (χ2n) is 6.30. The Balaban J connectivity index is 1.60. The van der Waals surface area contributed by atoms with Gasteiger partial charge in [-0.05, 0) is 47.0 Å². The molecule has 3 heterocycles. The van der Waals surface area contributed by atoms with Gasteiger partial charge in [-0.15, -0.1) is 0 Å². The number of hydrogen-bond donors (Lipinski definition) is 1. The third kappa shape index (κ3) is 2.50. The first-order chi connectivity index (χ1) is 12.8. The van der Waals surface area contributed by atoms with Crippen molar-refractivity contribution in [1.82, 2.24) is 15.0 Å². The summed E-state index contributed by atoms with van der Waals surface area (Å²) in [6.45, 7) is 0. The molecule has 0 bridgehead atoms. The van der Waals surface area contributed by atoms with E-state index in [2.05, 4.69) is 45.3 Å². The van der Waals surface area contributed by atoms with Crippen molar-refractivity contribution in [2.45, 2.75) is 6.42 Å². The minimum absolute atomic E-state index is 0.668. The number of pyridine rings is 1. The number of aliphatic imine (C=N–C) groups is 1. The third-order valence-electron chi connectivity index (χ3n) is 4.52. The number of hydrogen-bond acceptors (Lipinski definition) is 5. The van der Waals surface area contributed by atoms with Gasteiger partial charge in [-0.1, -0.05) is 24.3 Å². The Hall–Kier alpha value is -3.60. The first kappa shape index (κ1) is 14.7. The fourth-order valence-electron chi connectivity index (χ4n) is 3.22. The van der Waals surface area contributed by atoms with Crippen molar-refractivity contribution in [2.24, 2.45) is 10.7 Å². The predicted octanol–water partition coefficient (Wildman–Crippen LogP) is 3.90. The number of nitrogens with two attached hydrogens (primary N) is 1. The number of amidine groups is 1. The van der Waals surface area contributed by atoms with Crippen molar-refractivity contribution >= 4 is 22.6 Å². The molecular weight excluding hydrogens is 322 g/mol. The van der Waals surface area contributed by atoms with Crippen LogP contribution in [0.4, 0.5) is 5.69 Å². The van der Waals surface area contributed by atoms with Crippen molar-refractivity contribution in [3.63, 3.8) is 0 Å². The number of nitrogens with zero attached hydrogens (tertiary/aromatic N) is 4. The van der Waals surface area contributed by atoms with Gasteiger partial charge in [0.1, 0.15) is 11.5 Å². The normalized spacial score (nSPS) is 12.8. The summed E-state index contributed by atoms with van der Waals surface area (Å²) in [6.07, 6.45) is 4.25. The van der Waals surface area contributed by atoms with E-state index in [4.69, 9.17) is 10.7 Å². The monoisotopic (exact) mass is 337 g/mol. The molecule has 5 heteroatoms. The molecule has 0 fully saturated rings. The summed E-state index contributed by atoms with van der Waals surface area (Å²) in [6, 6.07) is 18.1. The summed E-state index contributed by atoms with van der Waals surface area (Å²) < 4.78 is 0. The van der Waals surface area contributed by atoms with Crippen molar-refractivity contribution in [2.75, 3.05) is 0 Å². The van der Waals surface area contributed by atoms with Crippen molar-refractivity contribution < 1.29 is 0 Å². The minimum atomic E-state index is 0.668. The van der Waals surface area contributed by atoms with Crippen LogP contribution in [0.15, 0.2) is 72.0 Å². The molecule has 5 nitrogen and oxygen atoms in total. The molecule has 2 N–H and O–H groups in total. The maximum absolute atomic E-state index is 5.85. The molecule has 124 valence electrons. The van der Waals surface area contributed by atoms with E-state index < -0.39 is 0 Å². The molecule has 0 saturated carbocycles. The van der Waals surface area contributed by atoms with Gasteiger partial charge in [0.05, 0.1) is 28.6 Å². The quantitative estimate of drug-likeness (QED) is 0.602. The molecule has 0 radical (unpaired) electrons. The molecular formula is C21H15N5. The number of aromatic nitrogens is 3. The Morgan fingerprint density at radius 1 is 0.808 bits per heavy atom. The molecule has 0 spiro atoms. The zero-order chi connectivity index (χ0) is 17.5.